The number of esters is 1. The van der Waals surface area contributed by atoms with E-state index in [0.29, 0.717) is 13.0 Å². The second-order valence-corrected chi connectivity index (χ2v) is 20.6. The molecule has 0 atom stereocenters. The second-order valence-electron chi connectivity index (χ2n) is 20.6. The highest BCUT2D eigenvalue weighted by Gasteiger charge is 2.09. The summed E-state index contributed by atoms with van der Waals surface area (Å²) in [4.78, 5) is 19.5. The topological polar surface area (TPSA) is 77.5 Å². The summed E-state index contributed by atoms with van der Waals surface area (Å²) in [6.45, 7) is 28.3. The Bertz CT molecular complexity index is 949. The summed E-state index contributed by atoms with van der Waals surface area (Å²) in [5.41, 5.74) is 0. The molecule has 0 aliphatic carbocycles. The minimum Gasteiger partial charge on any atom is -0.461 e. The summed E-state index contributed by atoms with van der Waals surface area (Å²) in [7, 11) is 0. The van der Waals surface area contributed by atoms with E-state index in [1.807, 2.05) is 6.08 Å². The Balaban J connectivity index is -0.000000379. The highest BCUT2D eigenvalue weighted by molar-refractivity contribution is 5.69. The number of carbonyl (C=O) groups excluding carboxylic acids is 1. The van der Waals surface area contributed by atoms with Crippen LogP contribution in [0.5, 0.6) is 0 Å². The monoisotopic (exact) mass is 1030 g/mol. The molecule has 8 nitrogen and oxygen atoms in total. The molecule has 0 amide bonds. The van der Waals surface area contributed by atoms with Crippen LogP contribution in [0, 0.1) is 0 Å². The van der Waals surface area contributed by atoms with Gasteiger partial charge in [-0.25, -0.2) is 0 Å². The molecule has 0 heterocycles. The number of nitrogens with one attached hydrogen (secondary N) is 1. The minimum atomic E-state index is -0.0744. The van der Waals surface area contributed by atoms with Gasteiger partial charge in [0.15, 0.2) is 0 Å². The van der Waals surface area contributed by atoms with Crippen LogP contribution in [-0.4, -0.2) is 105 Å². The number of allylic oxidation sites excluding steroid dienone is 1. The number of ether oxygens (including phenoxy) is 2. The highest BCUT2D eigenvalue weighted by atomic mass is 16.5. The standard InChI is InChI=1S/C34H68N2O3.C19H42N2O.C9H20.2CH4/c1-5-9-11-13-15-16-17-18-19-21-23-28-36(30-32-38-33-35(8-4)27-7-3)29-25-26-34(37)39-31-24-22-20-14-12-10-6-2;1-3-5-7-9-11-13-15-17-21(18-20-19-22)16-14-12-10-8-6-4-2;1-3-5-7-9-8-6-4-2;;/h22,24H,5-21,23,25-33H2,1-4H3;20,22H,3-19H2,1-2H3;3-9H2,1-2H3;2*1H4/b24-22-;;;;. The molecule has 72 heavy (non-hydrogen) atoms. The highest BCUT2D eigenvalue weighted by Crippen LogP contribution is 2.13. The number of aliphatic hydroxyl groups is 1. The van der Waals surface area contributed by atoms with Crippen molar-refractivity contribution in [3.05, 3.63) is 12.2 Å². The van der Waals surface area contributed by atoms with Gasteiger partial charge in [-0.05, 0) is 77.7 Å². The predicted octanol–water partition coefficient (Wildman–Crippen LogP) is 19.1. The largest absolute Gasteiger partial charge is 0.461 e. The molecule has 0 spiro atoms. The Morgan fingerprint density at radius 2 is 0.792 bits per heavy atom. The number of rotatable bonds is 55. The summed E-state index contributed by atoms with van der Waals surface area (Å²) in [6, 6.07) is 0. The van der Waals surface area contributed by atoms with Crippen molar-refractivity contribution in [2.24, 2.45) is 0 Å². The van der Waals surface area contributed by atoms with Gasteiger partial charge >= 0.3 is 5.97 Å². The Kier molecular flexibility index (Phi) is 82.3. The van der Waals surface area contributed by atoms with E-state index >= 15 is 0 Å². The minimum absolute atomic E-state index is 0. The van der Waals surface area contributed by atoms with Gasteiger partial charge in [0, 0.05) is 26.2 Å². The van der Waals surface area contributed by atoms with Gasteiger partial charge in [-0.3, -0.25) is 19.9 Å². The van der Waals surface area contributed by atoms with Crippen LogP contribution in [0.25, 0.3) is 0 Å². The Morgan fingerprint density at radius 1 is 0.417 bits per heavy atom. The third-order valence-electron chi connectivity index (χ3n) is 13.5. The number of unbranched alkanes of at least 4 members (excludes halogenated alkanes) is 31. The van der Waals surface area contributed by atoms with Crippen LogP contribution in [0.2, 0.25) is 0 Å². The molecular formula is C64H138N4O4. The van der Waals surface area contributed by atoms with Crippen molar-refractivity contribution >= 4 is 5.97 Å². The zero-order valence-electron chi connectivity index (χ0n) is 49.2. The van der Waals surface area contributed by atoms with Crippen molar-refractivity contribution < 1.29 is 19.4 Å². The molecule has 0 aromatic carbocycles. The lowest BCUT2D eigenvalue weighted by Crippen LogP contribution is -2.36. The van der Waals surface area contributed by atoms with Gasteiger partial charge in [-0.15, -0.1) is 0 Å². The first-order valence-electron chi connectivity index (χ1n) is 31.3. The van der Waals surface area contributed by atoms with E-state index in [1.165, 1.54) is 238 Å². The molecule has 0 radical (unpaired) electrons. The smallest absolute Gasteiger partial charge is 0.306 e. The first kappa shape index (κ1) is 79.8. The molecule has 438 valence electrons. The second kappa shape index (κ2) is 74.2. The third-order valence-corrected chi connectivity index (χ3v) is 13.5. The van der Waals surface area contributed by atoms with Crippen molar-refractivity contribution in [2.75, 3.05) is 79.2 Å². The summed E-state index contributed by atoms with van der Waals surface area (Å²) in [5, 5.41) is 12.0. The van der Waals surface area contributed by atoms with Gasteiger partial charge in [0.25, 0.3) is 0 Å². The quantitative estimate of drug-likeness (QED) is 0.0270. The average Bonchev–Trinajstić information content (AvgIpc) is 3.37. The summed E-state index contributed by atoms with van der Waals surface area (Å²) < 4.78 is 11.4. The summed E-state index contributed by atoms with van der Waals surface area (Å²) >= 11 is 0. The normalized spacial score (nSPS) is 11.2. The molecule has 0 saturated carbocycles. The van der Waals surface area contributed by atoms with Crippen LogP contribution in [-0.2, 0) is 14.3 Å². The van der Waals surface area contributed by atoms with Crippen LogP contribution < -0.4 is 5.32 Å². The van der Waals surface area contributed by atoms with Crippen molar-refractivity contribution in [3.8, 4) is 0 Å². The number of hydrogen-bond acceptors (Lipinski definition) is 8. The fourth-order valence-corrected chi connectivity index (χ4v) is 8.80. The van der Waals surface area contributed by atoms with E-state index in [1.54, 1.807) is 0 Å². The van der Waals surface area contributed by atoms with Crippen molar-refractivity contribution in [1.29, 1.82) is 0 Å². The van der Waals surface area contributed by atoms with Crippen molar-refractivity contribution in [2.45, 2.75) is 321 Å². The molecule has 0 aliphatic rings. The predicted molar refractivity (Wildman–Crippen MR) is 325 cm³/mol. The lowest BCUT2D eigenvalue weighted by molar-refractivity contribution is -0.142. The molecule has 0 saturated heterocycles. The number of hydrogen-bond donors (Lipinski definition) is 2. The van der Waals surface area contributed by atoms with Gasteiger partial charge < -0.3 is 19.5 Å². The van der Waals surface area contributed by atoms with Gasteiger partial charge in [0.1, 0.15) is 6.61 Å². The maximum Gasteiger partial charge on any atom is 0.306 e. The molecule has 0 rings (SSSR count). The Hall–Kier alpha value is -1.03. The van der Waals surface area contributed by atoms with E-state index < -0.39 is 0 Å². The van der Waals surface area contributed by atoms with E-state index in [0.717, 1.165) is 72.0 Å². The zero-order valence-corrected chi connectivity index (χ0v) is 49.2. The van der Waals surface area contributed by atoms with Crippen LogP contribution >= 0.6 is 0 Å². The maximum atomic E-state index is 12.2. The summed E-state index contributed by atoms with van der Waals surface area (Å²) in [6.07, 6.45) is 55.6. The molecule has 0 aromatic rings. The van der Waals surface area contributed by atoms with Crippen LogP contribution in [0.4, 0.5) is 0 Å². The fraction of sp³-hybridized carbons (Fsp3) is 0.953. The van der Waals surface area contributed by atoms with E-state index in [2.05, 4.69) is 81.5 Å². The SMILES string of the molecule is C.C.CCCCCC/C=C\COC(=O)CCCN(CCCCCCCCCCCCC)CCOCN(CC)CCC.CCCCCCCCC.CCCCCCCCCN(CCCCCCCC)CNCO. The van der Waals surface area contributed by atoms with Gasteiger partial charge in [0.2, 0.25) is 0 Å². The lowest BCUT2D eigenvalue weighted by atomic mass is 10.1. The Morgan fingerprint density at radius 3 is 1.18 bits per heavy atom. The maximum absolute atomic E-state index is 12.2. The van der Waals surface area contributed by atoms with Crippen LogP contribution in [0.15, 0.2) is 12.2 Å². The molecule has 0 fully saturated rings. The molecule has 0 bridgehead atoms. The molecule has 0 aliphatic heterocycles. The van der Waals surface area contributed by atoms with E-state index in [-0.39, 0.29) is 27.6 Å². The number of carbonyl (C=O) groups is 1. The van der Waals surface area contributed by atoms with Crippen LogP contribution in [0.1, 0.15) is 321 Å². The van der Waals surface area contributed by atoms with Crippen molar-refractivity contribution in [1.82, 2.24) is 20.0 Å². The number of nitrogens with zero attached hydrogens (tertiary/aromatic N) is 3. The Labute approximate surface area is 455 Å². The number of aliphatic hydroxyl groups excluding tert-OH is 1. The zero-order chi connectivity index (χ0) is 51.9. The molecule has 2 N–H and O–H groups in total. The molecular weight excluding hydrogens is 889 g/mol. The summed E-state index contributed by atoms with van der Waals surface area (Å²) in [5.74, 6) is -0.0744. The van der Waals surface area contributed by atoms with Gasteiger partial charge in [-0.1, -0.05) is 281 Å². The van der Waals surface area contributed by atoms with Gasteiger partial charge in [0.05, 0.1) is 20.1 Å². The van der Waals surface area contributed by atoms with Crippen molar-refractivity contribution in [3.63, 3.8) is 0 Å². The van der Waals surface area contributed by atoms with Crippen LogP contribution in [0.3, 0.4) is 0 Å². The molecule has 8 heteroatoms. The average molecular weight is 1030 g/mol. The van der Waals surface area contributed by atoms with E-state index in [4.69, 9.17) is 14.6 Å². The third kappa shape index (κ3) is 71.0. The van der Waals surface area contributed by atoms with Gasteiger partial charge in [-0.2, -0.15) is 0 Å². The first-order chi connectivity index (χ1) is 34.4. The van der Waals surface area contributed by atoms with E-state index in [9.17, 15) is 4.79 Å². The molecule has 0 unspecified atom stereocenters. The lowest BCUT2D eigenvalue weighted by Gasteiger charge is -2.24. The first-order valence-corrected chi connectivity index (χ1v) is 31.3. The fourth-order valence-electron chi connectivity index (χ4n) is 8.80. The molecule has 0 aromatic heterocycles.